The fourth-order valence-electron chi connectivity index (χ4n) is 2.84. The number of hydrogen-bond donors (Lipinski definition) is 2. The number of benzene rings is 2. The Balaban J connectivity index is 2.09. The minimum Gasteiger partial charge on any atom is -0.376 e. The number of aryl methyl sites for hydroxylation is 2. The lowest BCUT2D eigenvalue weighted by Crippen LogP contribution is -2.30. The number of carbonyl (C=O) groups is 1. The molecule has 7 heteroatoms. The third-order valence-corrected chi connectivity index (χ3v) is 6.69. The van der Waals surface area contributed by atoms with Gasteiger partial charge in [0.1, 0.15) is 0 Å². The van der Waals surface area contributed by atoms with Crippen LogP contribution in [0, 0.1) is 6.92 Å². The first-order valence-electron chi connectivity index (χ1n) is 9.55. The van der Waals surface area contributed by atoms with Gasteiger partial charge in [-0.2, -0.15) is 4.31 Å². The molecular weight excluding hydrogens is 374 g/mol. The van der Waals surface area contributed by atoms with E-state index in [1.807, 2.05) is 31.2 Å². The molecule has 0 saturated heterocycles. The summed E-state index contributed by atoms with van der Waals surface area (Å²) in [5, 5.41) is 5.88. The molecule has 0 heterocycles. The molecule has 0 radical (unpaired) electrons. The van der Waals surface area contributed by atoms with Crippen LogP contribution in [0.25, 0.3) is 0 Å². The predicted octanol–water partition coefficient (Wildman–Crippen LogP) is 3.64. The van der Waals surface area contributed by atoms with Crippen molar-refractivity contribution in [1.29, 1.82) is 0 Å². The van der Waals surface area contributed by atoms with Crippen molar-refractivity contribution in [2.24, 2.45) is 0 Å². The van der Waals surface area contributed by atoms with Crippen LogP contribution in [0.4, 0.5) is 11.4 Å². The highest BCUT2D eigenvalue weighted by atomic mass is 32.2. The molecule has 0 spiro atoms. The SMILES string of the molecule is CCc1ccc(NCC(=O)Nc2cc(S(=O)(=O)N(CC)CC)ccc2C)cc1. The molecule has 0 aromatic heterocycles. The molecule has 0 fully saturated rings. The largest absolute Gasteiger partial charge is 0.376 e. The lowest BCUT2D eigenvalue weighted by Gasteiger charge is -2.19. The van der Waals surface area contributed by atoms with Crippen molar-refractivity contribution < 1.29 is 13.2 Å². The topological polar surface area (TPSA) is 78.5 Å². The first-order chi connectivity index (χ1) is 13.3. The Morgan fingerprint density at radius 1 is 1.00 bits per heavy atom. The first kappa shape index (κ1) is 21.9. The van der Waals surface area contributed by atoms with E-state index in [0.29, 0.717) is 18.8 Å². The van der Waals surface area contributed by atoms with Crippen molar-refractivity contribution in [3.05, 3.63) is 53.6 Å². The number of carbonyl (C=O) groups excluding carboxylic acids is 1. The summed E-state index contributed by atoms with van der Waals surface area (Å²) >= 11 is 0. The summed E-state index contributed by atoms with van der Waals surface area (Å²) in [7, 11) is -3.57. The van der Waals surface area contributed by atoms with E-state index in [-0.39, 0.29) is 17.3 Å². The highest BCUT2D eigenvalue weighted by molar-refractivity contribution is 7.89. The van der Waals surface area contributed by atoms with Gasteiger partial charge in [-0.05, 0) is 48.7 Å². The summed E-state index contributed by atoms with van der Waals surface area (Å²) in [5.41, 5.74) is 3.40. The van der Waals surface area contributed by atoms with E-state index in [2.05, 4.69) is 17.6 Å². The molecule has 0 aliphatic heterocycles. The zero-order valence-electron chi connectivity index (χ0n) is 17.0. The van der Waals surface area contributed by atoms with E-state index in [1.165, 1.54) is 15.9 Å². The van der Waals surface area contributed by atoms with E-state index < -0.39 is 10.0 Å². The Kier molecular flexibility index (Phi) is 7.60. The predicted molar refractivity (Wildman–Crippen MR) is 114 cm³/mol. The Bertz CT molecular complexity index is 905. The van der Waals surface area contributed by atoms with E-state index in [1.54, 1.807) is 26.0 Å². The molecule has 0 aliphatic rings. The first-order valence-corrected chi connectivity index (χ1v) is 11.0. The zero-order valence-corrected chi connectivity index (χ0v) is 17.8. The third kappa shape index (κ3) is 5.33. The fraction of sp³-hybridized carbons (Fsp3) is 0.381. The molecule has 0 saturated carbocycles. The van der Waals surface area contributed by atoms with Crippen molar-refractivity contribution in [3.8, 4) is 0 Å². The molecule has 0 atom stereocenters. The second-order valence-electron chi connectivity index (χ2n) is 6.52. The highest BCUT2D eigenvalue weighted by Crippen LogP contribution is 2.23. The van der Waals surface area contributed by atoms with Crippen LogP contribution < -0.4 is 10.6 Å². The zero-order chi connectivity index (χ0) is 20.7. The van der Waals surface area contributed by atoms with Crippen LogP contribution in [0.2, 0.25) is 0 Å². The summed E-state index contributed by atoms with van der Waals surface area (Å²) in [6.07, 6.45) is 0.965. The van der Waals surface area contributed by atoms with Gasteiger partial charge in [0.05, 0.1) is 11.4 Å². The van der Waals surface area contributed by atoms with Gasteiger partial charge in [-0.25, -0.2) is 8.42 Å². The average Bonchev–Trinajstić information content (AvgIpc) is 2.69. The summed E-state index contributed by atoms with van der Waals surface area (Å²) in [5.74, 6) is -0.236. The molecule has 6 nitrogen and oxygen atoms in total. The Morgan fingerprint density at radius 2 is 1.64 bits per heavy atom. The van der Waals surface area contributed by atoms with Crippen LogP contribution in [-0.2, 0) is 21.2 Å². The van der Waals surface area contributed by atoms with Crippen LogP contribution in [0.5, 0.6) is 0 Å². The Labute approximate surface area is 168 Å². The van der Waals surface area contributed by atoms with Gasteiger partial charge in [0.15, 0.2) is 0 Å². The van der Waals surface area contributed by atoms with Crippen molar-refractivity contribution in [2.75, 3.05) is 30.3 Å². The smallest absolute Gasteiger partial charge is 0.243 e. The van der Waals surface area contributed by atoms with Gasteiger partial charge in [-0.3, -0.25) is 4.79 Å². The minimum absolute atomic E-state index is 0.0952. The molecule has 0 unspecified atom stereocenters. The summed E-state index contributed by atoms with van der Waals surface area (Å²) in [4.78, 5) is 12.5. The van der Waals surface area contributed by atoms with Crippen molar-refractivity contribution in [3.63, 3.8) is 0 Å². The standard InChI is InChI=1S/C21H29N3O3S/c1-5-17-9-11-18(12-10-17)22-15-21(25)23-20-14-19(13-8-16(20)4)28(26,27)24(6-2)7-3/h8-14,22H,5-7,15H2,1-4H3,(H,23,25). The molecule has 2 aromatic rings. The highest BCUT2D eigenvalue weighted by Gasteiger charge is 2.22. The van der Waals surface area contributed by atoms with Crippen LogP contribution in [0.3, 0.4) is 0 Å². The van der Waals surface area contributed by atoms with Gasteiger partial charge in [0, 0.05) is 24.5 Å². The quantitative estimate of drug-likeness (QED) is 0.670. The maximum absolute atomic E-state index is 12.7. The van der Waals surface area contributed by atoms with Gasteiger partial charge in [-0.1, -0.05) is 39.0 Å². The van der Waals surface area contributed by atoms with Crippen molar-refractivity contribution in [2.45, 2.75) is 39.0 Å². The molecule has 2 N–H and O–H groups in total. The maximum atomic E-state index is 12.7. The lowest BCUT2D eigenvalue weighted by atomic mass is 10.1. The molecule has 1 amide bonds. The Morgan fingerprint density at radius 3 is 2.21 bits per heavy atom. The Hall–Kier alpha value is -2.38. The van der Waals surface area contributed by atoms with Gasteiger partial charge in [-0.15, -0.1) is 0 Å². The molecule has 0 aliphatic carbocycles. The molecule has 152 valence electrons. The van der Waals surface area contributed by atoms with E-state index in [9.17, 15) is 13.2 Å². The summed E-state index contributed by atoms with van der Waals surface area (Å²) < 4.78 is 26.8. The van der Waals surface area contributed by atoms with E-state index in [4.69, 9.17) is 0 Å². The number of nitrogens with one attached hydrogen (secondary N) is 2. The van der Waals surface area contributed by atoms with Crippen LogP contribution in [0.1, 0.15) is 31.9 Å². The van der Waals surface area contributed by atoms with Gasteiger partial charge >= 0.3 is 0 Å². The van der Waals surface area contributed by atoms with Crippen LogP contribution in [-0.4, -0.2) is 38.3 Å². The van der Waals surface area contributed by atoms with E-state index >= 15 is 0 Å². The number of rotatable bonds is 9. The molecule has 2 rings (SSSR count). The van der Waals surface area contributed by atoms with Crippen molar-refractivity contribution >= 4 is 27.3 Å². The number of nitrogens with zero attached hydrogens (tertiary/aromatic N) is 1. The molecular formula is C21H29N3O3S. The number of hydrogen-bond acceptors (Lipinski definition) is 4. The average molecular weight is 404 g/mol. The lowest BCUT2D eigenvalue weighted by molar-refractivity contribution is -0.114. The second-order valence-corrected chi connectivity index (χ2v) is 8.46. The number of anilines is 2. The molecule has 28 heavy (non-hydrogen) atoms. The third-order valence-electron chi connectivity index (χ3n) is 4.64. The number of sulfonamides is 1. The van der Waals surface area contributed by atoms with Crippen LogP contribution >= 0.6 is 0 Å². The van der Waals surface area contributed by atoms with Gasteiger partial charge < -0.3 is 10.6 Å². The van der Waals surface area contributed by atoms with Crippen LogP contribution in [0.15, 0.2) is 47.4 Å². The normalized spacial score (nSPS) is 11.5. The number of amides is 1. The molecule has 0 bridgehead atoms. The van der Waals surface area contributed by atoms with Gasteiger partial charge in [0.2, 0.25) is 15.9 Å². The minimum atomic E-state index is -3.57. The van der Waals surface area contributed by atoms with Gasteiger partial charge in [0.25, 0.3) is 0 Å². The summed E-state index contributed by atoms with van der Waals surface area (Å²) in [6.45, 7) is 8.42. The summed E-state index contributed by atoms with van der Waals surface area (Å²) in [6, 6.07) is 12.7. The van der Waals surface area contributed by atoms with Crippen molar-refractivity contribution in [1.82, 2.24) is 4.31 Å². The van der Waals surface area contributed by atoms with E-state index in [0.717, 1.165) is 17.7 Å². The second kappa shape index (κ2) is 9.71. The fourth-order valence-corrected chi connectivity index (χ4v) is 4.33. The molecule has 2 aromatic carbocycles. The maximum Gasteiger partial charge on any atom is 0.243 e. The monoisotopic (exact) mass is 403 g/mol.